The van der Waals surface area contributed by atoms with Crippen LogP contribution in [0.15, 0.2) is 59.1 Å². The van der Waals surface area contributed by atoms with Crippen LogP contribution in [0.3, 0.4) is 0 Å². The molecule has 110 valence electrons. The number of rotatable bonds is 6. The Bertz CT molecular complexity index is 583. The molecule has 0 amide bonds. The van der Waals surface area contributed by atoms with Crippen LogP contribution in [0.5, 0.6) is 0 Å². The van der Waals surface area contributed by atoms with E-state index in [1.807, 2.05) is 61.5 Å². The fourth-order valence-electron chi connectivity index (χ4n) is 2.27. The van der Waals surface area contributed by atoms with Crippen LogP contribution >= 0.6 is 15.9 Å². The number of hydrogen-bond donors (Lipinski definition) is 2. The summed E-state index contributed by atoms with van der Waals surface area (Å²) < 4.78 is 1.04. The summed E-state index contributed by atoms with van der Waals surface area (Å²) in [6.07, 6.45) is 0.782. The van der Waals surface area contributed by atoms with Crippen LogP contribution in [0.4, 0.5) is 0 Å². The molecule has 21 heavy (non-hydrogen) atoms. The second-order valence-corrected chi connectivity index (χ2v) is 6.00. The molecule has 0 aliphatic heterocycles. The molecule has 0 fully saturated rings. The standard InChI is InChI=1S/C17H18BrNO2/c1-12(11-13-7-9-15(18)10-8-13)19-16(17(20)21)14-5-3-2-4-6-14/h2-10,12,16,19H,11H2,1H3,(H,20,21). The van der Waals surface area contributed by atoms with Crippen molar-refractivity contribution in [2.45, 2.75) is 25.4 Å². The zero-order valence-corrected chi connectivity index (χ0v) is 13.4. The highest BCUT2D eigenvalue weighted by molar-refractivity contribution is 9.10. The Kier molecular flexibility index (Phi) is 5.53. The van der Waals surface area contributed by atoms with Gasteiger partial charge in [0.1, 0.15) is 6.04 Å². The van der Waals surface area contributed by atoms with Gasteiger partial charge in [-0.2, -0.15) is 0 Å². The SMILES string of the molecule is CC(Cc1ccc(Br)cc1)NC(C(=O)O)c1ccccc1. The summed E-state index contributed by atoms with van der Waals surface area (Å²) in [4.78, 5) is 11.5. The highest BCUT2D eigenvalue weighted by Gasteiger charge is 2.21. The van der Waals surface area contributed by atoms with Gasteiger partial charge in [-0.05, 0) is 36.6 Å². The molecule has 0 aromatic heterocycles. The fraction of sp³-hybridized carbons (Fsp3) is 0.235. The third-order valence-electron chi connectivity index (χ3n) is 3.29. The maximum absolute atomic E-state index is 11.5. The quantitative estimate of drug-likeness (QED) is 0.835. The highest BCUT2D eigenvalue weighted by atomic mass is 79.9. The van der Waals surface area contributed by atoms with Gasteiger partial charge in [0, 0.05) is 10.5 Å². The lowest BCUT2D eigenvalue weighted by Crippen LogP contribution is -2.36. The number of nitrogens with one attached hydrogen (secondary N) is 1. The van der Waals surface area contributed by atoms with E-state index in [-0.39, 0.29) is 6.04 Å². The molecule has 0 aliphatic rings. The average Bonchev–Trinajstić information content (AvgIpc) is 2.48. The molecule has 0 bridgehead atoms. The molecule has 2 rings (SSSR count). The number of hydrogen-bond acceptors (Lipinski definition) is 2. The van der Waals surface area contributed by atoms with E-state index in [0.717, 1.165) is 16.5 Å². The zero-order valence-electron chi connectivity index (χ0n) is 11.8. The number of carboxylic acids is 1. The topological polar surface area (TPSA) is 49.3 Å². The van der Waals surface area contributed by atoms with Crippen LogP contribution in [-0.4, -0.2) is 17.1 Å². The second-order valence-electron chi connectivity index (χ2n) is 5.08. The van der Waals surface area contributed by atoms with Gasteiger partial charge in [-0.15, -0.1) is 0 Å². The maximum atomic E-state index is 11.5. The van der Waals surface area contributed by atoms with Crippen molar-refractivity contribution >= 4 is 21.9 Å². The number of aliphatic carboxylic acids is 1. The first-order chi connectivity index (χ1) is 10.1. The lowest BCUT2D eigenvalue weighted by molar-refractivity contribution is -0.139. The monoisotopic (exact) mass is 347 g/mol. The van der Waals surface area contributed by atoms with Crippen molar-refractivity contribution in [1.82, 2.24) is 5.32 Å². The predicted octanol–water partition coefficient (Wildman–Crippen LogP) is 3.80. The van der Waals surface area contributed by atoms with E-state index < -0.39 is 12.0 Å². The maximum Gasteiger partial charge on any atom is 0.325 e. The molecule has 2 aromatic carbocycles. The molecule has 2 unspecified atom stereocenters. The van der Waals surface area contributed by atoms with Crippen LogP contribution in [-0.2, 0) is 11.2 Å². The minimum atomic E-state index is -0.858. The van der Waals surface area contributed by atoms with E-state index in [1.165, 1.54) is 5.56 Å². The molecule has 4 heteroatoms. The Balaban J connectivity index is 2.03. The van der Waals surface area contributed by atoms with Gasteiger partial charge in [-0.1, -0.05) is 58.4 Å². The normalized spacial score (nSPS) is 13.6. The third-order valence-corrected chi connectivity index (χ3v) is 3.81. The van der Waals surface area contributed by atoms with Gasteiger partial charge in [0.2, 0.25) is 0 Å². The Morgan fingerprint density at radius 1 is 1.14 bits per heavy atom. The number of halogens is 1. The van der Waals surface area contributed by atoms with Crippen LogP contribution in [0.2, 0.25) is 0 Å². The summed E-state index contributed by atoms with van der Waals surface area (Å²) in [6.45, 7) is 2.00. The first-order valence-electron chi connectivity index (χ1n) is 6.84. The van der Waals surface area contributed by atoms with Crippen molar-refractivity contribution in [3.63, 3.8) is 0 Å². The molecule has 0 saturated heterocycles. The van der Waals surface area contributed by atoms with Gasteiger partial charge < -0.3 is 5.11 Å². The molecular weight excluding hydrogens is 330 g/mol. The molecule has 0 saturated carbocycles. The van der Waals surface area contributed by atoms with Crippen LogP contribution in [0.1, 0.15) is 24.1 Å². The van der Waals surface area contributed by atoms with Crippen molar-refractivity contribution in [2.75, 3.05) is 0 Å². The molecular formula is C17H18BrNO2. The molecule has 2 N–H and O–H groups in total. The molecule has 0 spiro atoms. The van der Waals surface area contributed by atoms with Gasteiger partial charge in [0.15, 0.2) is 0 Å². The summed E-state index contributed by atoms with van der Waals surface area (Å²) in [5.74, 6) is -0.858. The highest BCUT2D eigenvalue weighted by Crippen LogP contribution is 2.16. The lowest BCUT2D eigenvalue weighted by Gasteiger charge is -2.20. The summed E-state index contributed by atoms with van der Waals surface area (Å²) >= 11 is 3.41. The molecule has 0 aliphatic carbocycles. The van der Waals surface area contributed by atoms with E-state index in [4.69, 9.17) is 0 Å². The lowest BCUT2D eigenvalue weighted by atomic mass is 10.0. The largest absolute Gasteiger partial charge is 0.480 e. The van der Waals surface area contributed by atoms with Gasteiger partial charge in [0.05, 0.1) is 0 Å². The molecule has 0 heterocycles. The van der Waals surface area contributed by atoms with E-state index in [2.05, 4.69) is 21.2 Å². The van der Waals surface area contributed by atoms with Crippen molar-refractivity contribution < 1.29 is 9.90 Å². The zero-order chi connectivity index (χ0) is 15.2. The predicted molar refractivity (Wildman–Crippen MR) is 87.3 cm³/mol. The van der Waals surface area contributed by atoms with Crippen molar-refractivity contribution in [3.8, 4) is 0 Å². The number of benzene rings is 2. The Morgan fingerprint density at radius 3 is 2.33 bits per heavy atom. The molecule has 2 atom stereocenters. The van der Waals surface area contributed by atoms with Crippen molar-refractivity contribution in [1.29, 1.82) is 0 Å². The molecule has 0 radical (unpaired) electrons. The van der Waals surface area contributed by atoms with Crippen LogP contribution in [0.25, 0.3) is 0 Å². The Hall–Kier alpha value is -1.65. The van der Waals surface area contributed by atoms with Gasteiger partial charge >= 0.3 is 5.97 Å². The minimum absolute atomic E-state index is 0.0625. The average molecular weight is 348 g/mol. The van der Waals surface area contributed by atoms with E-state index in [1.54, 1.807) is 0 Å². The smallest absolute Gasteiger partial charge is 0.325 e. The third kappa shape index (κ3) is 4.69. The Labute approximate surface area is 133 Å². The fourth-order valence-corrected chi connectivity index (χ4v) is 2.54. The summed E-state index contributed by atoms with van der Waals surface area (Å²) in [5.41, 5.74) is 1.95. The first kappa shape index (κ1) is 15.7. The number of carboxylic acid groups (broad SMARTS) is 1. The number of carbonyl (C=O) groups is 1. The van der Waals surface area contributed by atoms with Crippen LogP contribution in [0, 0.1) is 0 Å². The summed E-state index contributed by atoms with van der Waals surface area (Å²) in [6, 6.07) is 16.7. The van der Waals surface area contributed by atoms with Gasteiger partial charge in [0.25, 0.3) is 0 Å². The van der Waals surface area contributed by atoms with Gasteiger partial charge in [-0.25, -0.2) is 0 Å². The summed E-state index contributed by atoms with van der Waals surface area (Å²) in [7, 11) is 0. The van der Waals surface area contributed by atoms with Gasteiger partial charge in [-0.3, -0.25) is 10.1 Å². The van der Waals surface area contributed by atoms with Crippen LogP contribution < -0.4 is 5.32 Å². The van der Waals surface area contributed by atoms with E-state index in [0.29, 0.717) is 0 Å². The van der Waals surface area contributed by atoms with E-state index in [9.17, 15) is 9.90 Å². The summed E-state index contributed by atoms with van der Waals surface area (Å²) in [5, 5.41) is 12.6. The first-order valence-corrected chi connectivity index (χ1v) is 7.64. The van der Waals surface area contributed by atoms with E-state index >= 15 is 0 Å². The van der Waals surface area contributed by atoms with Crippen molar-refractivity contribution in [3.05, 3.63) is 70.2 Å². The molecule has 2 aromatic rings. The minimum Gasteiger partial charge on any atom is -0.480 e. The Morgan fingerprint density at radius 2 is 1.76 bits per heavy atom. The van der Waals surface area contributed by atoms with Crippen molar-refractivity contribution in [2.24, 2.45) is 0 Å². The second kappa shape index (κ2) is 7.38. The molecule has 3 nitrogen and oxygen atoms in total.